The molecule has 2 atom stereocenters. The molecule has 1 amide bonds. The molecule has 1 heterocycles. The number of amides is 1. The molecule has 0 spiro atoms. The minimum atomic E-state index is -0.178. The van der Waals surface area contributed by atoms with Gasteiger partial charge in [0.15, 0.2) is 0 Å². The number of aromatic nitrogens is 1. The zero-order valence-electron chi connectivity index (χ0n) is 12.6. The minimum absolute atomic E-state index is 0.0342. The maximum absolute atomic E-state index is 12.4. The lowest BCUT2D eigenvalue weighted by atomic mass is 9.87. The number of rotatable bonds is 4. The summed E-state index contributed by atoms with van der Waals surface area (Å²) in [5.41, 5.74) is 0.790. The van der Waals surface area contributed by atoms with Crippen LogP contribution in [0, 0.1) is 5.92 Å². The van der Waals surface area contributed by atoms with E-state index in [9.17, 15) is 9.90 Å². The Kier molecular flexibility index (Phi) is 4.63. The molecule has 0 saturated heterocycles. The van der Waals surface area contributed by atoms with Crippen LogP contribution in [0.3, 0.4) is 0 Å². The van der Waals surface area contributed by atoms with Gasteiger partial charge < -0.3 is 15.0 Å². The summed E-state index contributed by atoms with van der Waals surface area (Å²) >= 11 is 0. The smallest absolute Gasteiger partial charge is 0.267 e. The van der Waals surface area contributed by atoms with Gasteiger partial charge in [-0.25, -0.2) is 0 Å². The molecule has 0 bridgehead atoms. The third-order valence-corrected chi connectivity index (χ3v) is 5.04. The highest BCUT2D eigenvalue weighted by Crippen LogP contribution is 2.30. The Balaban J connectivity index is 1.57. The molecule has 0 aliphatic heterocycles. The van der Waals surface area contributed by atoms with Crippen LogP contribution in [0.5, 0.6) is 0 Å². The molecule has 1 aromatic heterocycles. The van der Waals surface area contributed by atoms with Gasteiger partial charge in [0.25, 0.3) is 5.91 Å². The molecule has 116 valence electrons. The monoisotopic (exact) mass is 290 g/mol. The molecular formula is C17H26N2O2. The van der Waals surface area contributed by atoms with Crippen molar-refractivity contribution < 1.29 is 9.90 Å². The van der Waals surface area contributed by atoms with Crippen molar-refractivity contribution in [2.45, 2.75) is 63.5 Å². The molecule has 2 N–H and O–H groups in total. The number of hydrogen-bond acceptors (Lipinski definition) is 2. The van der Waals surface area contributed by atoms with Crippen molar-refractivity contribution in [1.82, 2.24) is 9.88 Å². The van der Waals surface area contributed by atoms with Crippen LogP contribution in [0.2, 0.25) is 0 Å². The van der Waals surface area contributed by atoms with Crippen molar-refractivity contribution >= 4 is 5.91 Å². The fraction of sp³-hybridized carbons (Fsp3) is 0.706. The predicted molar refractivity (Wildman–Crippen MR) is 82.2 cm³/mol. The van der Waals surface area contributed by atoms with E-state index in [1.807, 2.05) is 18.3 Å². The second kappa shape index (κ2) is 6.65. The Hall–Kier alpha value is -1.29. The SMILES string of the molecule is O=C(NCC1CCCC(O)C1)c1cccn1C1CCCC1. The van der Waals surface area contributed by atoms with Crippen LogP contribution in [-0.2, 0) is 0 Å². The first-order valence-corrected chi connectivity index (χ1v) is 8.37. The topological polar surface area (TPSA) is 54.3 Å². The molecule has 2 aliphatic carbocycles. The third-order valence-electron chi connectivity index (χ3n) is 5.04. The highest BCUT2D eigenvalue weighted by Gasteiger charge is 2.23. The van der Waals surface area contributed by atoms with Crippen LogP contribution < -0.4 is 5.32 Å². The molecule has 1 aromatic rings. The van der Waals surface area contributed by atoms with Crippen molar-refractivity contribution in [2.24, 2.45) is 5.92 Å². The van der Waals surface area contributed by atoms with Crippen LogP contribution in [0.4, 0.5) is 0 Å². The van der Waals surface area contributed by atoms with E-state index in [0.29, 0.717) is 18.5 Å². The van der Waals surface area contributed by atoms with E-state index in [1.54, 1.807) is 0 Å². The van der Waals surface area contributed by atoms with Gasteiger partial charge in [0.05, 0.1) is 6.10 Å². The van der Waals surface area contributed by atoms with Crippen LogP contribution >= 0.6 is 0 Å². The maximum atomic E-state index is 12.4. The van der Waals surface area contributed by atoms with Gasteiger partial charge in [-0.2, -0.15) is 0 Å². The van der Waals surface area contributed by atoms with E-state index in [4.69, 9.17) is 0 Å². The Morgan fingerprint density at radius 3 is 2.81 bits per heavy atom. The van der Waals surface area contributed by atoms with Crippen LogP contribution in [0.25, 0.3) is 0 Å². The summed E-state index contributed by atoms with van der Waals surface area (Å²) in [4.78, 5) is 12.4. The molecule has 4 heteroatoms. The summed E-state index contributed by atoms with van der Waals surface area (Å²) in [6, 6.07) is 4.39. The lowest BCUT2D eigenvalue weighted by molar-refractivity contribution is 0.0865. The average Bonchev–Trinajstić information content (AvgIpc) is 3.14. The van der Waals surface area contributed by atoms with Gasteiger partial charge in [0.2, 0.25) is 0 Å². The first-order chi connectivity index (χ1) is 10.2. The van der Waals surface area contributed by atoms with Gasteiger partial charge in [-0.3, -0.25) is 4.79 Å². The van der Waals surface area contributed by atoms with E-state index in [2.05, 4.69) is 9.88 Å². The van der Waals surface area contributed by atoms with E-state index in [1.165, 1.54) is 25.7 Å². The first kappa shape index (κ1) is 14.6. The molecular weight excluding hydrogens is 264 g/mol. The van der Waals surface area contributed by atoms with E-state index >= 15 is 0 Å². The summed E-state index contributed by atoms with van der Waals surface area (Å²) in [5, 5.41) is 12.8. The van der Waals surface area contributed by atoms with Crippen molar-refractivity contribution in [1.29, 1.82) is 0 Å². The summed E-state index contributed by atoms with van der Waals surface area (Å²) in [7, 11) is 0. The Labute approximate surface area is 126 Å². The summed E-state index contributed by atoms with van der Waals surface area (Å²) in [6.45, 7) is 0.686. The van der Waals surface area contributed by atoms with Crippen molar-refractivity contribution in [3.8, 4) is 0 Å². The second-order valence-corrected chi connectivity index (χ2v) is 6.64. The molecule has 0 radical (unpaired) electrons. The van der Waals surface area contributed by atoms with Crippen molar-refractivity contribution in [2.75, 3.05) is 6.54 Å². The summed E-state index contributed by atoms with van der Waals surface area (Å²) in [5.74, 6) is 0.458. The Morgan fingerprint density at radius 1 is 1.24 bits per heavy atom. The lowest BCUT2D eigenvalue weighted by Gasteiger charge is -2.26. The molecule has 0 aromatic carbocycles. The van der Waals surface area contributed by atoms with Gasteiger partial charge >= 0.3 is 0 Å². The normalized spacial score (nSPS) is 26.9. The number of nitrogens with zero attached hydrogens (tertiary/aromatic N) is 1. The van der Waals surface area contributed by atoms with E-state index < -0.39 is 0 Å². The van der Waals surface area contributed by atoms with Crippen molar-refractivity contribution in [3.05, 3.63) is 24.0 Å². The molecule has 2 saturated carbocycles. The first-order valence-electron chi connectivity index (χ1n) is 8.37. The van der Waals surface area contributed by atoms with Crippen LogP contribution in [0.15, 0.2) is 18.3 Å². The van der Waals surface area contributed by atoms with E-state index in [0.717, 1.165) is 31.4 Å². The van der Waals surface area contributed by atoms with Crippen LogP contribution in [-0.4, -0.2) is 28.2 Å². The molecule has 21 heavy (non-hydrogen) atoms. The molecule has 4 nitrogen and oxygen atoms in total. The van der Waals surface area contributed by atoms with Gasteiger partial charge in [-0.05, 0) is 50.2 Å². The van der Waals surface area contributed by atoms with Crippen molar-refractivity contribution in [3.63, 3.8) is 0 Å². The van der Waals surface area contributed by atoms with Gasteiger partial charge in [-0.1, -0.05) is 19.3 Å². The zero-order valence-corrected chi connectivity index (χ0v) is 12.6. The number of aliphatic hydroxyl groups is 1. The van der Waals surface area contributed by atoms with Gasteiger partial charge in [0, 0.05) is 18.8 Å². The Bertz CT molecular complexity index is 477. The number of aliphatic hydroxyl groups excluding tert-OH is 1. The van der Waals surface area contributed by atoms with Gasteiger partial charge in [-0.15, -0.1) is 0 Å². The lowest BCUT2D eigenvalue weighted by Crippen LogP contribution is -2.34. The molecule has 2 fully saturated rings. The maximum Gasteiger partial charge on any atom is 0.267 e. The zero-order chi connectivity index (χ0) is 14.7. The fourth-order valence-electron chi connectivity index (χ4n) is 3.86. The highest BCUT2D eigenvalue weighted by molar-refractivity contribution is 5.92. The van der Waals surface area contributed by atoms with E-state index in [-0.39, 0.29) is 12.0 Å². The number of carbonyl (C=O) groups is 1. The molecule has 2 unspecified atom stereocenters. The summed E-state index contributed by atoms with van der Waals surface area (Å²) in [6.07, 6.45) is 10.7. The average molecular weight is 290 g/mol. The molecule has 2 aliphatic rings. The number of carbonyl (C=O) groups excluding carboxylic acids is 1. The number of hydrogen-bond donors (Lipinski definition) is 2. The third kappa shape index (κ3) is 3.49. The highest BCUT2D eigenvalue weighted by atomic mass is 16.3. The van der Waals surface area contributed by atoms with Gasteiger partial charge in [0.1, 0.15) is 5.69 Å². The summed E-state index contributed by atoms with van der Waals surface area (Å²) < 4.78 is 2.15. The largest absolute Gasteiger partial charge is 0.393 e. The number of nitrogens with one attached hydrogen (secondary N) is 1. The predicted octanol–water partition coefficient (Wildman–Crippen LogP) is 2.88. The standard InChI is InChI=1S/C17H26N2O2/c20-15-8-3-5-13(11-15)12-18-17(21)16-9-4-10-19(16)14-6-1-2-7-14/h4,9-10,13-15,20H,1-3,5-8,11-12H2,(H,18,21). The fourth-order valence-corrected chi connectivity index (χ4v) is 3.86. The molecule has 3 rings (SSSR count). The Morgan fingerprint density at radius 2 is 2.05 bits per heavy atom. The quantitative estimate of drug-likeness (QED) is 0.896. The van der Waals surface area contributed by atoms with Crippen LogP contribution in [0.1, 0.15) is 67.9 Å². The minimum Gasteiger partial charge on any atom is -0.393 e. The second-order valence-electron chi connectivity index (χ2n) is 6.64.